The first kappa shape index (κ1) is 28.1. The van der Waals surface area contributed by atoms with E-state index in [1.165, 1.54) is 49.4 Å². The van der Waals surface area contributed by atoms with Crippen LogP contribution >= 0.6 is 9.24 Å². The molecule has 2 aromatic carbocycles. The highest BCUT2D eigenvalue weighted by Gasteiger charge is 2.25. The van der Waals surface area contributed by atoms with Gasteiger partial charge in [-0.25, -0.2) is 8.42 Å². The third-order valence-electron chi connectivity index (χ3n) is 5.35. The first-order valence-corrected chi connectivity index (χ1v) is 13.6. The lowest BCUT2D eigenvalue weighted by atomic mass is 9.94. The number of carbonyl (C=O) groups excluding carboxylic acids is 1. The Hall–Kier alpha value is -2.46. The summed E-state index contributed by atoms with van der Waals surface area (Å²) >= 11 is 0. The minimum absolute atomic E-state index is 0.0396. The van der Waals surface area contributed by atoms with E-state index in [0.717, 1.165) is 12.8 Å². The maximum absolute atomic E-state index is 13.8. The van der Waals surface area contributed by atoms with Gasteiger partial charge in [0.05, 0.1) is 31.4 Å². The van der Waals surface area contributed by atoms with Gasteiger partial charge in [-0.2, -0.15) is 4.39 Å². The fourth-order valence-electron chi connectivity index (χ4n) is 3.78. The van der Waals surface area contributed by atoms with Crippen molar-refractivity contribution in [2.24, 2.45) is 5.92 Å². The molecular weight excluding hydrogens is 510 g/mol. The van der Waals surface area contributed by atoms with E-state index in [1.54, 1.807) is 6.92 Å². The molecule has 1 aliphatic rings. The molecule has 3 rings (SSSR count). The zero-order valence-corrected chi connectivity index (χ0v) is 22.2. The van der Waals surface area contributed by atoms with Crippen molar-refractivity contribution in [1.29, 1.82) is 0 Å². The Bertz CT molecular complexity index is 1150. The van der Waals surface area contributed by atoms with Crippen LogP contribution in [0.4, 0.5) is 15.8 Å². The molecule has 36 heavy (non-hydrogen) atoms. The molecule has 4 unspecified atom stereocenters. The van der Waals surface area contributed by atoms with Crippen molar-refractivity contribution in [3.8, 4) is 11.5 Å². The molecule has 1 saturated heterocycles. The van der Waals surface area contributed by atoms with Gasteiger partial charge in [0.2, 0.25) is 5.91 Å². The lowest BCUT2D eigenvalue weighted by Gasteiger charge is -2.26. The van der Waals surface area contributed by atoms with Crippen molar-refractivity contribution in [2.45, 2.75) is 49.7 Å². The summed E-state index contributed by atoms with van der Waals surface area (Å²) in [7, 11) is -2.20. The molecular formula is C24H32FN2O7PS. The highest BCUT2D eigenvalue weighted by atomic mass is 32.2. The largest absolute Gasteiger partial charge is 0.492 e. The van der Waals surface area contributed by atoms with Gasteiger partial charge in [0.25, 0.3) is 15.6 Å². The maximum Gasteiger partial charge on any atom is 0.265 e. The van der Waals surface area contributed by atoms with Crippen molar-refractivity contribution in [3.63, 3.8) is 0 Å². The third kappa shape index (κ3) is 8.30. The van der Waals surface area contributed by atoms with E-state index in [4.69, 9.17) is 14.2 Å². The molecule has 0 aromatic heterocycles. The summed E-state index contributed by atoms with van der Waals surface area (Å²) in [4.78, 5) is 12.3. The smallest absolute Gasteiger partial charge is 0.265 e. The summed E-state index contributed by atoms with van der Waals surface area (Å²) in [6.07, 6.45) is 0.700. The van der Waals surface area contributed by atoms with Crippen molar-refractivity contribution in [3.05, 3.63) is 42.5 Å². The van der Waals surface area contributed by atoms with E-state index in [2.05, 4.69) is 10.0 Å². The number of halogens is 1. The number of carbonyl (C=O) groups is 1. The lowest BCUT2D eigenvalue weighted by molar-refractivity contribution is -0.119. The number of nitrogens with one attached hydrogen (secondary N) is 2. The number of sulfonamides is 1. The first-order chi connectivity index (χ1) is 17.0. The monoisotopic (exact) mass is 542 g/mol. The van der Waals surface area contributed by atoms with Crippen molar-refractivity contribution in [2.75, 3.05) is 29.9 Å². The number of ether oxygens (including phenoxy) is 3. The number of alkyl halides is 1. The van der Waals surface area contributed by atoms with Crippen LogP contribution in [-0.2, 0) is 19.6 Å². The minimum Gasteiger partial charge on any atom is -0.492 e. The normalized spacial score (nSPS) is 18.5. The summed E-state index contributed by atoms with van der Waals surface area (Å²) < 4.78 is 58.4. The van der Waals surface area contributed by atoms with Gasteiger partial charge in [0.15, 0.2) is 0 Å². The molecule has 0 radical (unpaired) electrons. The van der Waals surface area contributed by atoms with E-state index in [9.17, 15) is 22.7 Å². The van der Waals surface area contributed by atoms with Gasteiger partial charge in [0, 0.05) is 37.3 Å². The van der Waals surface area contributed by atoms with Crippen LogP contribution in [0.25, 0.3) is 0 Å². The number of hydrogen-bond acceptors (Lipinski definition) is 7. The second-order valence-corrected chi connectivity index (χ2v) is 11.3. The molecule has 9 nitrogen and oxygen atoms in total. The highest BCUT2D eigenvalue weighted by molar-refractivity contribution is 7.92. The van der Waals surface area contributed by atoms with Crippen molar-refractivity contribution >= 4 is 36.5 Å². The van der Waals surface area contributed by atoms with Crippen LogP contribution < -0.4 is 19.5 Å². The van der Waals surface area contributed by atoms with E-state index < -0.39 is 27.6 Å². The second-order valence-electron chi connectivity index (χ2n) is 8.61. The van der Waals surface area contributed by atoms with Crippen LogP contribution in [0.5, 0.6) is 11.5 Å². The van der Waals surface area contributed by atoms with Crippen LogP contribution in [0.1, 0.15) is 33.1 Å². The molecule has 4 atom stereocenters. The molecule has 1 aliphatic heterocycles. The van der Waals surface area contributed by atoms with E-state index in [-0.39, 0.29) is 41.0 Å². The Morgan fingerprint density at radius 1 is 1.31 bits per heavy atom. The standard InChI is InChI=1S/C24H32FN2O7PS/c1-3-33-21-13-17(26-23(29)14-20(28)16-6-5-11-32-15-16)9-10-22(21)36(30,31)27-18-7-4-8-19(12-18)34-24(2,25)35/h4,7-10,12-13,16,20,27-28H,3,5-6,11,14-15,35H2,1-2H3,(H,26,29). The zero-order chi connectivity index (χ0) is 26.3. The fraction of sp³-hybridized carbons (Fsp3) is 0.458. The van der Waals surface area contributed by atoms with Crippen molar-refractivity contribution < 1.29 is 36.9 Å². The van der Waals surface area contributed by atoms with Gasteiger partial charge < -0.3 is 24.6 Å². The van der Waals surface area contributed by atoms with E-state index in [1.807, 2.05) is 9.24 Å². The molecule has 1 amide bonds. The predicted octanol–water partition coefficient (Wildman–Crippen LogP) is 3.90. The average molecular weight is 543 g/mol. The Balaban J connectivity index is 1.73. The van der Waals surface area contributed by atoms with E-state index in [0.29, 0.717) is 18.9 Å². The first-order valence-electron chi connectivity index (χ1n) is 11.6. The topological polar surface area (TPSA) is 123 Å². The Kier molecular flexibility index (Phi) is 9.52. The van der Waals surface area contributed by atoms with Crippen molar-refractivity contribution in [1.82, 2.24) is 0 Å². The van der Waals surface area contributed by atoms with Gasteiger partial charge in [-0.15, -0.1) is 0 Å². The van der Waals surface area contributed by atoms with Gasteiger partial charge in [-0.3, -0.25) is 9.52 Å². The molecule has 1 fully saturated rings. The summed E-state index contributed by atoms with van der Waals surface area (Å²) in [6.45, 7) is 4.17. The summed E-state index contributed by atoms with van der Waals surface area (Å²) in [6, 6.07) is 10.1. The number of aliphatic hydroxyl groups is 1. The minimum atomic E-state index is -4.10. The third-order valence-corrected chi connectivity index (χ3v) is 6.89. The SMILES string of the molecule is CCOc1cc(NC(=O)CC(O)C2CCCOC2)ccc1S(=O)(=O)Nc1cccc(OC(C)(F)P)c1. The number of hydrogen-bond donors (Lipinski definition) is 3. The molecule has 0 bridgehead atoms. The summed E-state index contributed by atoms with van der Waals surface area (Å²) in [5, 5.41) is 13.0. The molecule has 0 spiro atoms. The number of rotatable bonds is 11. The maximum atomic E-state index is 13.8. The second kappa shape index (κ2) is 12.2. The van der Waals surface area contributed by atoms with Gasteiger partial charge in [-0.1, -0.05) is 15.3 Å². The summed E-state index contributed by atoms with van der Waals surface area (Å²) in [5.41, 5.74) is -1.52. The Morgan fingerprint density at radius 3 is 2.75 bits per heavy atom. The molecule has 198 valence electrons. The fourth-order valence-corrected chi connectivity index (χ4v) is 5.09. The Labute approximate surface area is 213 Å². The number of aliphatic hydroxyl groups excluding tert-OH is 1. The number of amides is 1. The van der Waals surface area contributed by atoms with Crippen LogP contribution in [0.2, 0.25) is 0 Å². The number of anilines is 2. The molecule has 1 heterocycles. The molecule has 0 saturated carbocycles. The Morgan fingerprint density at radius 2 is 2.08 bits per heavy atom. The van der Waals surface area contributed by atoms with Crippen LogP contribution in [-0.4, -0.2) is 51.0 Å². The van der Waals surface area contributed by atoms with Crippen LogP contribution in [0, 0.1) is 5.92 Å². The van der Waals surface area contributed by atoms with Crippen LogP contribution in [0.3, 0.4) is 0 Å². The van der Waals surface area contributed by atoms with Gasteiger partial charge in [-0.05, 0) is 44.0 Å². The quantitative estimate of drug-likeness (QED) is 0.368. The van der Waals surface area contributed by atoms with Gasteiger partial charge in [0.1, 0.15) is 16.4 Å². The average Bonchev–Trinajstić information content (AvgIpc) is 2.78. The van der Waals surface area contributed by atoms with Gasteiger partial charge >= 0.3 is 0 Å². The summed E-state index contributed by atoms with van der Waals surface area (Å²) in [5.74, 6) is -0.325. The lowest BCUT2D eigenvalue weighted by Crippen LogP contribution is -2.32. The molecule has 3 N–H and O–H groups in total. The zero-order valence-electron chi connectivity index (χ0n) is 20.2. The highest BCUT2D eigenvalue weighted by Crippen LogP contribution is 2.31. The molecule has 12 heteroatoms. The van der Waals surface area contributed by atoms with E-state index >= 15 is 0 Å². The molecule has 2 aromatic rings. The predicted molar refractivity (Wildman–Crippen MR) is 138 cm³/mol. The van der Waals surface area contributed by atoms with Crippen LogP contribution in [0.15, 0.2) is 47.4 Å². The number of benzene rings is 2. The molecule has 0 aliphatic carbocycles.